The number of nitrogens with zero attached hydrogens (tertiary/aromatic N) is 5. The van der Waals surface area contributed by atoms with E-state index >= 15 is 0 Å². The lowest BCUT2D eigenvalue weighted by molar-refractivity contribution is 0.452. The molecule has 0 amide bonds. The minimum atomic E-state index is -0.149. The smallest absolute Gasteiger partial charge is 0.251 e. The van der Waals surface area contributed by atoms with Crippen molar-refractivity contribution in [2.75, 3.05) is 0 Å². The Labute approximate surface area is 113 Å². The first-order valence-corrected chi connectivity index (χ1v) is 5.79. The predicted molar refractivity (Wildman–Crippen MR) is 69.1 cm³/mol. The van der Waals surface area contributed by atoms with E-state index in [1.807, 2.05) is 0 Å². The van der Waals surface area contributed by atoms with Crippen molar-refractivity contribution in [2.45, 2.75) is 0 Å². The largest absolute Gasteiger partial charge is 0.491 e. The van der Waals surface area contributed by atoms with Gasteiger partial charge in [0, 0.05) is 16.8 Å². The molecule has 0 unspecified atom stereocenters. The summed E-state index contributed by atoms with van der Waals surface area (Å²) in [7, 11) is 0. The van der Waals surface area contributed by atoms with Crippen molar-refractivity contribution in [1.29, 1.82) is 0 Å². The van der Waals surface area contributed by atoms with Gasteiger partial charge in [-0.3, -0.25) is 0 Å². The van der Waals surface area contributed by atoms with Gasteiger partial charge in [0.2, 0.25) is 0 Å². The van der Waals surface area contributed by atoms with Crippen LogP contribution in [0.15, 0.2) is 43.0 Å². The minimum Gasteiger partial charge on any atom is -0.491 e. The van der Waals surface area contributed by atoms with E-state index in [1.165, 1.54) is 17.2 Å². The van der Waals surface area contributed by atoms with Crippen molar-refractivity contribution in [3.05, 3.63) is 48.0 Å². The topological polar surface area (TPSA) is 76.7 Å². The van der Waals surface area contributed by atoms with Crippen molar-refractivity contribution < 1.29 is 5.11 Å². The maximum absolute atomic E-state index is 9.28. The standard InChI is InChI=1S/C12H8ClN5O/c13-8-1-2-11(18-6-12(19)16-17-18)9(5-8)10-3-4-14-7-15-10/h1-7,19H. The van der Waals surface area contributed by atoms with Gasteiger partial charge in [0.15, 0.2) is 0 Å². The highest BCUT2D eigenvalue weighted by atomic mass is 35.5. The van der Waals surface area contributed by atoms with Crippen LogP contribution < -0.4 is 0 Å². The van der Waals surface area contributed by atoms with Crippen LogP contribution >= 0.6 is 11.6 Å². The van der Waals surface area contributed by atoms with E-state index in [0.29, 0.717) is 10.7 Å². The Hall–Kier alpha value is -2.47. The lowest BCUT2D eigenvalue weighted by Crippen LogP contribution is -1.99. The van der Waals surface area contributed by atoms with Gasteiger partial charge in [0.1, 0.15) is 6.33 Å². The van der Waals surface area contributed by atoms with Crippen LogP contribution in [-0.4, -0.2) is 30.1 Å². The van der Waals surface area contributed by atoms with Gasteiger partial charge in [-0.25, -0.2) is 14.6 Å². The molecule has 3 aromatic rings. The van der Waals surface area contributed by atoms with E-state index in [9.17, 15) is 5.11 Å². The number of halogens is 1. The normalized spacial score (nSPS) is 10.6. The highest BCUT2D eigenvalue weighted by Crippen LogP contribution is 2.28. The van der Waals surface area contributed by atoms with Crippen LogP contribution in [0.25, 0.3) is 16.9 Å². The molecule has 0 atom stereocenters. The van der Waals surface area contributed by atoms with Crippen molar-refractivity contribution in [1.82, 2.24) is 25.0 Å². The van der Waals surface area contributed by atoms with E-state index < -0.39 is 0 Å². The van der Waals surface area contributed by atoms with Crippen molar-refractivity contribution in [3.63, 3.8) is 0 Å². The molecular formula is C12H8ClN5O. The molecule has 19 heavy (non-hydrogen) atoms. The van der Waals surface area contributed by atoms with Crippen molar-refractivity contribution in [3.8, 4) is 22.8 Å². The Bertz CT molecular complexity index is 713. The van der Waals surface area contributed by atoms with E-state index in [4.69, 9.17) is 11.6 Å². The quantitative estimate of drug-likeness (QED) is 0.773. The summed E-state index contributed by atoms with van der Waals surface area (Å²) in [5.41, 5.74) is 2.21. The number of aromatic nitrogens is 5. The highest BCUT2D eigenvalue weighted by molar-refractivity contribution is 6.31. The molecule has 0 radical (unpaired) electrons. The average molecular weight is 274 g/mol. The van der Waals surface area contributed by atoms with Gasteiger partial charge < -0.3 is 5.11 Å². The first-order valence-electron chi connectivity index (χ1n) is 5.41. The number of benzene rings is 1. The van der Waals surface area contributed by atoms with E-state index in [0.717, 1.165) is 11.3 Å². The van der Waals surface area contributed by atoms with E-state index in [1.54, 1.807) is 30.5 Å². The Balaban J connectivity index is 2.20. The van der Waals surface area contributed by atoms with Crippen LogP contribution in [0.5, 0.6) is 5.88 Å². The summed E-state index contributed by atoms with van der Waals surface area (Å²) in [6.07, 6.45) is 4.51. The third-order valence-corrected chi connectivity index (χ3v) is 2.78. The zero-order chi connectivity index (χ0) is 13.2. The average Bonchev–Trinajstić information content (AvgIpc) is 2.86. The van der Waals surface area contributed by atoms with Gasteiger partial charge in [-0.05, 0) is 24.3 Å². The summed E-state index contributed by atoms with van der Waals surface area (Å²) < 4.78 is 1.46. The zero-order valence-corrected chi connectivity index (χ0v) is 10.4. The Morgan fingerprint density at radius 2 is 2.11 bits per heavy atom. The SMILES string of the molecule is Oc1cn(-c2ccc(Cl)cc2-c2ccncn2)nn1. The van der Waals surface area contributed by atoms with Crippen LogP contribution in [0, 0.1) is 0 Å². The van der Waals surface area contributed by atoms with Crippen LogP contribution in [0.4, 0.5) is 0 Å². The van der Waals surface area contributed by atoms with Gasteiger partial charge >= 0.3 is 0 Å². The van der Waals surface area contributed by atoms with Crippen molar-refractivity contribution >= 4 is 11.6 Å². The van der Waals surface area contributed by atoms with Crippen LogP contribution in [-0.2, 0) is 0 Å². The zero-order valence-electron chi connectivity index (χ0n) is 9.60. The molecule has 0 aliphatic carbocycles. The molecule has 0 aliphatic rings. The Kier molecular flexibility index (Phi) is 2.85. The van der Waals surface area contributed by atoms with Gasteiger partial charge in [-0.15, -0.1) is 0 Å². The summed E-state index contributed by atoms with van der Waals surface area (Å²) in [6.45, 7) is 0. The summed E-state index contributed by atoms with van der Waals surface area (Å²) in [4.78, 5) is 8.07. The van der Waals surface area contributed by atoms with Gasteiger partial charge in [0.25, 0.3) is 5.88 Å². The molecule has 6 nitrogen and oxygen atoms in total. The van der Waals surface area contributed by atoms with Gasteiger partial charge in [0.05, 0.1) is 17.6 Å². The molecule has 0 bridgehead atoms. The lowest BCUT2D eigenvalue weighted by Gasteiger charge is -2.08. The third kappa shape index (κ3) is 2.25. The van der Waals surface area contributed by atoms with Crippen LogP contribution in [0.1, 0.15) is 0 Å². The van der Waals surface area contributed by atoms with Gasteiger partial charge in [-0.2, -0.15) is 0 Å². The second kappa shape index (κ2) is 4.66. The molecule has 0 saturated carbocycles. The summed E-state index contributed by atoms with van der Waals surface area (Å²) in [6, 6.07) is 7.07. The molecule has 1 aromatic carbocycles. The number of hydrogen-bond donors (Lipinski definition) is 1. The molecule has 94 valence electrons. The molecular weight excluding hydrogens is 266 g/mol. The van der Waals surface area contributed by atoms with Crippen LogP contribution in [0.2, 0.25) is 5.02 Å². The highest BCUT2D eigenvalue weighted by Gasteiger charge is 2.11. The van der Waals surface area contributed by atoms with Gasteiger partial charge in [-0.1, -0.05) is 21.9 Å². The molecule has 0 spiro atoms. The maximum Gasteiger partial charge on any atom is 0.251 e. The first-order chi connectivity index (χ1) is 9.24. The number of rotatable bonds is 2. The molecule has 2 aromatic heterocycles. The van der Waals surface area contributed by atoms with Crippen molar-refractivity contribution in [2.24, 2.45) is 0 Å². The van der Waals surface area contributed by atoms with E-state index in [-0.39, 0.29) is 5.88 Å². The molecule has 0 saturated heterocycles. The third-order valence-electron chi connectivity index (χ3n) is 2.54. The Morgan fingerprint density at radius 3 is 2.79 bits per heavy atom. The minimum absolute atomic E-state index is 0.149. The monoisotopic (exact) mass is 273 g/mol. The summed E-state index contributed by atoms with van der Waals surface area (Å²) in [5.74, 6) is -0.149. The fraction of sp³-hybridized carbons (Fsp3) is 0. The molecule has 1 N–H and O–H groups in total. The summed E-state index contributed by atoms with van der Waals surface area (Å²) >= 11 is 6.02. The molecule has 0 aliphatic heterocycles. The predicted octanol–water partition coefficient (Wildman–Crippen LogP) is 2.08. The second-order valence-corrected chi connectivity index (χ2v) is 4.21. The number of aromatic hydroxyl groups is 1. The molecule has 0 fully saturated rings. The first kappa shape index (κ1) is 11.6. The van der Waals surface area contributed by atoms with E-state index in [2.05, 4.69) is 20.3 Å². The second-order valence-electron chi connectivity index (χ2n) is 3.78. The molecule has 7 heteroatoms. The number of hydrogen-bond acceptors (Lipinski definition) is 5. The fourth-order valence-corrected chi connectivity index (χ4v) is 1.91. The fourth-order valence-electron chi connectivity index (χ4n) is 1.74. The maximum atomic E-state index is 9.28. The molecule has 3 rings (SSSR count). The lowest BCUT2D eigenvalue weighted by atomic mass is 10.1. The Morgan fingerprint density at radius 1 is 1.21 bits per heavy atom. The molecule has 2 heterocycles. The summed E-state index contributed by atoms with van der Waals surface area (Å²) in [5, 5.41) is 17.3. The van der Waals surface area contributed by atoms with Crippen LogP contribution in [0.3, 0.4) is 0 Å².